The number of esters is 3. The van der Waals surface area contributed by atoms with Crippen LogP contribution in [0, 0.1) is 0 Å². The van der Waals surface area contributed by atoms with Crippen LogP contribution in [0.25, 0.3) is 0 Å². The van der Waals surface area contributed by atoms with E-state index in [2.05, 4.69) is 154 Å². The third-order valence-corrected chi connectivity index (χ3v) is 10.6. The van der Waals surface area contributed by atoms with Gasteiger partial charge in [0.05, 0.1) is 0 Å². The summed E-state index contributed by atoms with van der Waals surface area (Å²) in [5, 5.41) is 0. The lowest BCUT2D eigenvalue weighted by Gasteiger charge is -2.18. The molecule has 376 valence electrons. The van der Waals surface area contributed by atoms with Crippen molar-refractivity contribution in [3.05, 3.63) is 134 Å². The van der Waals surface area contributed by atoms with E-state index in [1.165, 1.54) is 25.7 Å². The largest absolute Gasteiger partial charge is 0.462 e. The molecule has 0 bridgehead atoms. The molecule has 0 rings (SSSR count). The number of rotatable bonds is 46. The number of hydrogen-bond acceptors (Lipinski definition) is 6. The molecule has 0 spiro atoms. The molecule has 0 N–H and O–H groups in total. The van der Waals surface area contributed by atoms with E-state index in [4.69, 9.17) is 14.2 Å². The summed E-state index contributed by atoms with van der Waals surface area (Å²) in [6.07, 6.45) is 75.8. The second kappa shape index (κ2) is 54.2. The van der Waals surface area contributed by atoms with Crippen LogP contribution in [-0.2, 0) is 28.6 Å². The molecule has 0 aromatic carbocycles. The van der Waals surface area contributed by atoms with Crippen LogP contribution < -0.4 is 0 Å². The highest BCUT2D eigenvalue weighted by Gasteiger charge is 2.19. The first-order valence-corrected chi connectivity index (χ1v) is 26.7. The minimum Gasteiger partial charge on any atom is -0.462 e. The van der Waals surface area contributed by atoms with Gasteiger partial charge in [0.15, 0.2) is 6.10 Å². The van der Waals surface area contributed by atoms with Gasteiger partial charge in [-0.15, -0.1) is 0 Å². The molecule has 6 nitrogen and oxygen atoms in total. The molecule has 0 fully saturated rings. The normalized spacial score (nSPS) is 13.2. The molecule has 0 aromatic heterocycles. The lowest BCUT2D eigenvalue weighted by Crippen LogP contribution is -2.30. The zero-order valence-electron chi connectivity index (χ0n) is 42.9. The number of carbonyl (C=O) groups excluding carboxylic acids is 3. The molecule has 0 radical (unpaired) electrons. The van der Waals surface area contributed by atoms with Crippen molar-refractivity contribution >= 4 is 17.9 Å². The molecule has 0 amide bonds. The average molecular weight is 925 g/mol. The Morgan fingerprint density at radius 3 is 0.955 bits per heavy atom. The highest BCUT2D eigenvalue weighted by atomic mass is 16.6. The summed E-state index contributed by atoms with van der Waals surface area (Å²) in [5.41, 5.74) is 0. The topological polar surface area (TPSA) is 78.9 Å². The van der Waals surface area contributed by atoms with E-state index >= 15 is 0 Å². The van der Waals surface area contributed by atoms with Gasteiger partial charge < -0.3 is 14.2 Å². The van der Waals surface area contributed by atoms with Crippen molar-refractivity contribution in [3.8, 4) is 0 Å². The predicted molar refractivity (Wildman–Crippen MR) is 288 cm³/mol. The smallest absolute Gasteiger partial charge is 0.306 e. The van der Waals surface area contributed by atoms with E-state index in [1.54, 1.807) is 0 Å². The van der Waals surface area contributed by atoms with Crippen molar-refractivity contribution in [1.82, 2.24) is 0 Å². The van der Waals surface area contributed by atoms with Gasteiger partial charge in [-0.25, -0.2) is 0 Å². The molecular weight excluding hydrogens is 829 g/mol. The van der Waals surface area contributed by atoms with Crippen LogP contribution >= 0.6 is 0 Å². The van der Waals surface area contributed by atoms with Gasteiger partial charge in [0.2, 0.25) is 0 Å². The SMILES string of the molecule is CC/C=C\C/C=C\C/C=C\C/C=C\C/C=C\CCCCCC(=O)OCC(COC(=O)CCCCCCC/C=C\C/C=C\CCCCC)OC(=O)CCCC/C=C\C/C=C\C/C=C\C/C=C\CC. The number of ether oxygens (including phenoxy) is 3. The Labute approximate surface area is 411 Å². The number of carbonyl (C=O) groups is 3. The molecule has 0 saturated carbocycles. The molecule has 67 heavy (non-hydrogen) atoms. The Kier molecular flexibility index (Phi) is 50.6. The van der Waals surface area contributed by atoms with Crippen LogP contribution in [0.2, 0.25) is 0 Å². The third kappa shape index (κ3) is 52.4. The summed E-state index contributed by atoms with van der Waals surface area (Å²) in [6, 6.07) is 0. The molecule has 0 aliphatic rings. The van der Waals surface area contributed by atoms with Gasteiger partial charge in [0.1, 0.15) is 13.2 Å². The fourth-order valence-corrected chi connectivity index (χ4v) is 6.66. The third-order valence-electron chi connectivity index (χ3n) is 10.6. The lowest BCUT2D eigenvalue weighted by atomic mass is 10.1. The van der Waals surface area contributed by atoms with Crippen LogP contribution in [0.15, 0.2) is 134 Å². The van der Waals surface area contributed by atoms with Crippen molar-refractivity contribution in [2.75, 3.05) is 13.2 Å². The first kappa shape index (κ1) is 62.5. The van der Waals surface area contributed by atoms with Crippen LogP contribution in [0.3, 0.4) is 0 Å². The molecule has 0 aliphatic heterocycles. The maximum atomic E-state index is 12.8. The summed E-state index contributed by atoms with van der Waals surface area (Å²) in [4.78, 5) is 38.0. The predicted octanol–water partition coefficient (Wildman–Crippen LogP) is 17.9. The van der Waals surface area contributed by atoms with Crippen LogP contribution in [0.5, 0.6) is 0 Å². The first-order chi connectivity index (χ1) is 33.0. The van der Waals surface area contributed by atoms with E-state index in [-0.39, 0.29) is 37.5 Å². The standard InChI is InChI=1S/C61H96O6/c1-4-7-10-13-16-19-22-25-28-29-30-31-34-36-39-42-45-48-51-54-60(63)66-57-58(67-61(64)55-52-49-46-43-40-37-33-27-24-21-18-15-12-9-6-3)56-65-59(62)53-50-47-44-41-38-35-32-26-23-20-17-14-11-8-5-2/h7,9-10,12,16-21,25-28,30-33,36,39-40,43,58H,4-6,8,11,13-15,22-24,29,34-35,37-38,41-42,44-57H2,1-3H3/b10-7-,12-9-,19-16-,20-17-,21-18-,28-25-,31-30-,32-26-,33-27-,39-36-,43-40-. The van der Waals surface area contributed by atoms with Crippen LogP contribution in [-0.4, -0.2) is 37.2 Å². The minimum atomic E-state index is -0.824. The number of allylic oxidation sites excluding steroid dienone is 22. The maximum Gasteiger partial charge on any atom is 0.306 e. The zero-order valence-corrected chi connectivity index (χ0v) is 42.9. The summed E-state index contributed by atoms with van der Waals surface area (Å²) in [5.74, 6) is -1.01. The van der Waals surface area contributed by atoms with Crippen molar-refractivity contribution < 1.29 is 28.6 Å². The number of unbranched alkanes of at least 4 members (excludes halogenated alkanes) is 13. The number of hydrogen-bond donors (Lipinski definition) is 0. The highest BCUT2D eigenvalue weighted by Crippen LogP contribution is 2.12. The van der Waals surface area contributed by atoms with Crippen molar-refractivity contribution in [1.29, 1.82) is 0 Å². The summed E-state index contributed by atoms with van der Waals surface area (Å²) in [6.45, 7) is 6.29. The van der Waals surface area contributed by atoms with E-state index < -0.39 is 6.10 Å². The molecule has 1 unspecified atom stereocenters. The molecule has 0 saturated heterocycles. The van der Waals surface area contributed by atoms with Crippen molar-refractivity contribution in [3.63, 3.8) is 0 Å². The molecule has 0 aliphatic carbocycles. The Morgan fingerprint density at radius 1 is 0.313 bits per heavy atom. The minimum absolute atomic E-state index is 0.118. The summed E-state index contributed by atoms with van der Waals surface area (Å²) in [7, 11) is 0. The maximum absolute atomic E-state index is 12.8. The monoisotopic (exact) mass is 925 g/mol. The molecule has 1 atom stereocenters. The van der Waals surface area contributed by atoms with Crippen LogP contribution in [0.1, 0.15) is 213 Å². The van der Waals surface area contributed by atoms with Gasteiger partial charge >= 0.3 is 17.9 Å². The van der Waals surface area contributed by atoms with Gasteiger partial charge in [0.25, 0.3) is 0 Å². The van der Waals surface area contributed by atoms with E-state index in [0.29, 0.717) is 19.3 Å². The van der Waals surface area contributed by atoms with Gasteiger partial charge in [0, 0.05) is 19.3 Å². The van der Waals surface area contributed by atoms with Gasteiger partial charge in [-0.1, -0.05) is 193 Å². The fourth-order valence-electron chi connectivity index (χ4n) is 6.66. The van der Waals surface area contributed by atoms with Crippen molar-refractivity contribution in [2.45, 2.75) is 219 Å². The average Bonchev–Trinajstić information content (AvgIpc) is 3.33. The Balaban J connectivity index is 4.56. The quantitative estimate of drug-likeness (QED) is 0.0262. The van der Waals surface area contributed by atoms with E-state index in [0.717, 1.165) is 141 Å². The Hall–Kier alpha value is -4.45. The van der Waals surface area contributed by atoms with Gasteiger partial charge in [-0.2, -0.15) is 0 Å². The molecule has 0 aromatic rings. The highest BCUT2D eigenvalue weighted by molar-refractivity contribution is 5.71. The zero-order chi connectivity index (χ0) is 48.6. The Bertz CT molecular complexity index is 1480. The summed E-state index contributed by atoms with van der Waals surface area (Å²) < 4.78 is 16.7. The Morgan fingerprint density at radius 2 is 0.582 bits per heavy atom. The molecular formula is C61H96O6. The molecule has 6 heteroatoms. The first-order valence-electron chi connectivity index (χ1n) is 26.7. The van der Waals surface area contributed by atoms with Gasteiger partial charge in [-0.3, -0.25) is 14.4 Å². The fraction of sp³-hybridized carbons (Fsp3) is 0.590. The van der Waals surface area contributed by atoms with E-state index in [9.17, 15) is 14.4 Å². The lowest BCUT2D eigenvalue weighted by molar-refractivity contribution is -0.167. The van der Waals surface area contributed by atoms with E-state index in [1.807, 2.05) is 0 Å². The van der Waals surface area contributed by atoms with Gasteiger partial charge in [-0.05, 0) is 135 Å². The second-order valence-electron chi connectivity index (χ2n) is 17.0. The second-order valence-corrected chi connectivity index (χ2v) is 17.0. The molecule has 0 heterocycles. The van der Waals surface area contributed by atoms with Crippen LogP contribution in [0.4, 0.5) is 0 Å². The van der Waals surface area contributed by atoms with Crippen molar-refractivity contribution in [2.24, 2.45) is 0 Å². The summed E-state index contributed by atoms with van der Waals surface area (Å²) >= 11 is 0.